The maximum atomic E-state index is 13.4. The van der Waals surface area contributed by atoms with Gasteiger partial charge in [0.05, 0.1) is 5.41 Å². The molecule has 0 amide bonds. The minimum Gasteiger partial charge on any atom is -0.461 e. The fraction of sp³-hybridized carbons (Fsp3) is 0.867. The average molecular weight is 485 g/mol. The number of esters is 1. The summed E-state index contributed by atoms with van der Waals surface area (Å²) in [6, 6.07) is 0. The van der Waals surface area contributed by atoms with Crippen molar-refractivity contribution in [3.05, 3.63) is 12.2 Å². The third-order valence-electron chi connectivity index (χ3n) is 13.0. The summed E-state index contributed by atoms with van der Waals surface area (Å²) in [4.78, 5) is 13.4. The van der Waals surface area contributed by atoms with Crippen LogP contribution in [0.25, 0.3) is 0 Å². The van der Waals surface area contributed by atoms with Gasteiger partial charge in [0.15, 0.2) is 0 Å². The predicted molar refractivity (Wildman–Crippen MR) is 139 cm³/mol. The summed E-state index contributed by atoms with van der Waals surface area (Å²) in [5.74, 6) is 2.34. The molecule has 0 aromatic carbocycles. The van der Waals surface area contributed by atoms with Gasteiger partial charge in [0.2, 0.25) is 0 Å². The lowest BCUT2D eigenvalue weighted by atomic mass is 9.33. The zero-order chi connectivity index (χ0) is 25.6. The summed E-state index contributed by atoms with van der Waals surface area (Å²) >= 11 is 0. The van der Waals surface area contributed by atoms with Crippen molar-refractivity contribution in [2.75, 3.05) is 0 Å². The van der Waals surface area contributed by atoms with Gasteiger partial charge in [-0.05, 0) is 98.7 Å². The highest BCUT2D eigenvalue weighted by Crippen LogP contribution is 2.77. The lowest BCUT2D eigenvalue weighted by Crippen LogP contribution is -2.66. The molecule has 0 radical (unpaired) electrons. The minimum atomic E-state index is -0.238. The van der Waals surface area contributed by atoms with E-state index in [1.54, 1.807) is 0 Å². The third kappa shape index (κ3) is 3.11. The molecule has 1 saturated heterocycles. The van der Waals surface area contributed by atoms with Crippen molar-refractivity contribution in [1.29, 1.82) is 0 Å². The quantitative estimate of drug-likeness (QED) is 0.116. The summed E-state index contributed by atoms with van der Waals surface area (Å²) in [5.41, 5.74) is 7.51. The van der Waals surface area contributed by atoms with Crippen LogP contribution in [0.3, 0.4) is 0 Å². The van der Waals surface area contributed by atoms with Crippen molar-refractivity contribution in [2.24, 2.45) is 61.6 Å². The Morgan fingerprint density at radius 2 is 1.74 bits per heavy atom. The molecule has 196 valence electrons. The molecule has 1 heterocycles. The molecule has 1 aliphatic heterocycles. The van der Waals surface area contributed by atoms with Crippen LogP contribution in [-0.2, 0) is 9.53 Å². The van der Waals surface area contributed by atoms with E-state index in [2.05, 4.69) is 53.3 Å². The van der Waals surface area contributed by atoms with Crippen molar-refractivity contribution in [2.45, 2.75) is 112 Å². The molecule has 3 N–H and O–H groups in total. The number of fused-ring (bicyclic) bond motifs is 3. The van der Waals surface area contributed by atoms with Crippen LogP contribution in [0.5, 0.6) is 0 Å². The van der Waals surface area contributed by atoms with Crippen molar-refractivity contribution in [1.82, 2.24) is 0 Å². The van der Waals surface area contributed by atoms with Gasteiger partial charge >= 0.3 is 5.97 Å². The largest absolute Gasteiger partial charge is 0.461 e. The number of amidine groups is 1. The van der Waals surface area contributed by atoms with E-state index in [1.807, 2.05) is 0 Å². The van der Waals surface area contributed by atoms with Crippen LogP contribution in [0, 0.1) is 50.7 Å². The van der Waals surface area contributed by atoms with E-state index < -0.39 is 0 Å². The lowest BCUT2D eigenvalue weighted by molar-refractivity contribution is -0.224. The standard InChI is InChI=1S/C30H48N2O3/c1-18(2)19-10-13-29(7)21(27(19,5)12-11-22(31)32-34)9-8-20-23-24-26(3,4)14-16-30(23,25(33)35-24)17-15-28(20,29)6/h19-21,23-24,34H,1,8-17H2,2-7H3,(H2,31,32)/t19-,20+,21+,23-,24+,27-,28+,29+,30-/m0/s1. The number of rotatable bonds is 4. The lowest BCUT2D eigenvalue weighted by Gasteiger charge is -2.71. The third-order valence-corrected chi connectivity index (χ3v) is 13.0. The Morgan fingerprint density at radius 3 is 2.40 bits per heavy atom. The molecule has 4 saturated carbocycles. The molecular formula is C30H48N2O3. The number of carbonyl (C=O) groups excluding carboxylic acids is 1. The number of hydrogen-bond acceptors (Lipinski definition) is 4. The molecule has 5 aliphatic rings. The summed E-state index contributed by atoms with van der Waals surface area (Å²) < 4.78 is 6.27. The summed E-state index contributed by atoms with van der Waals surface area (Å²) in [6.07, 6.45) is 10.5. The maximum absolute atomic E-state index is 13.4. The Kier molecular flexibility index (Phi) is 5.56. The van der Waals surface area contributed by atoms with Crippen LogP contribution in [0.15, 0.2) is 17.3 Å². The zero-order valence-corrected chi connectivity index (χ0v) is 23.0. The normalized spacial score (nSPS) is 50.5. The van der Waals surface area contributed by atoms with E-state index in [-0.39, 0.29) is 39.1 Å². The molecule has 0 aromatic rings. The predicted octanol–water partition coefficient (Wildman–Crippen LogP) is 6.69. The van der Waals surface area contributed by atoms with Crippen molar-refractivity contribution < 1.29 is 14.7 Å². The first-order valence-corrected chi connectivity index (χ1v) is 14.1. The molecule has 5 fully saturated rings. The highest BCUT2D eigenvalue weighted by atomic mass is 16.6. The summed E-state index contributed by atoms with van der Waals surface area (Å²) in [5, 5.41) is 12.5. The number of carbonyl (C=O) groups is 1. The van der Waals surface area contributed by atoms with Gasteiger partial charge in [-0.15, -0.1) is 0 Å². The van der Waals surface area contributed by atoms with Crippen molar-refractivity contribution in [3.63, 3.8) is 0 Å². The van der Waals surface area contributed by atoms with Gasteiger partial charge in [-0.25, -0.2) is 0 Å². The number of nitrogens with zero attached hydrogens (tertiary/aromatic N) is 1. The number of hydrogen-bond donors (Lipinski definition) is 2. The molecule has 0 aromatic heterocycles. The molecule has 5 nitrogen and oxygen atoms in total. The molecule has 5 rings (SSSR count). The smallest absolute Gasteiger partial charge is 0.312 e. The highest BCUT2D eigenvalue weighted by molar-refractivity contribution is 5.81. The maximum Gasteiger partial charge on any atom is 0.312 e. The topological polar surface area (TPSA) is 84.9 Å². The van der Waals surface area contributed by atoms with Gasteiger partial charge in [-0.3, -0.25) is 4.79 Å². The van der Waals surface area contributed by atoms with E-state index in [0.717, 1.165) is 38.5 Å². The van der Waals surface area contributed by atoms with Crippen LogP contribution >= 0.6 is 0 Å². The van der Waals surface area contributed by atoms with Gasteiger partial charge in [0, 0.05) is 17.8 Å². The second kappa shape index (κ2) is 7.74. The van der Waals surface area contributed by atoms with Crippen LogP contribution in [0.1, 0.15) is 106 Å². The average Bonchev–Trinajstić information content (AvgIpc) is 3.05. The van der Waals surface area contributed by atoms with Gasteiger partial charge < -0.3 is 15.7 Å². The van der Waals surface area contributed by atoms with Crippen molar-refractivity contribution >= 4 is 11.8 Å². The first-order valence-electron chi connectivity index (χ1n) is 14.1. The Morgan fingerprint density at radius 1 is 1.06 bits per heavy atom. The number of allylic oxidation sites excluding steroid dienone is 1. The van der Waals surface area contributed by atoms with Crippen LogP contribution in [0.2, 0.25) is 0 Å². The molecule has 0 spiro atoms. The monoisotopic (exact) mass is 484 g/mol. The van der Waals surface area contributed by atoms with Crippen LogP contribution in [-0.4, -0.2) is 23.1 Å². The first kappa shape index (κ1) is 25.1. The molecule has 9 atom stereocenters. The Bertz CT molecular complexity index is 957. The van der Waals surface area contributed by atoms with Gasteiger partial charge in [-0.2, -0.15) is 0 Å². The van der Waals surface area contributed by atoms with E-state index in [4.69, 9.17) is 10.5 Å². The Hall–Kier alpha value is -1.52. The molecule has 4 aliphatic carbocycles. The van der Waals surface area contributed by atoms with Gasteiger partial charge in [0.1, 0.15) is 11.9 Å². The van der Waals surface area contributed by atoms with Crippen LogP contribution < -0.4 is 5.73 Å². The highest BCUT2D eigenvalue weighted by Gasteiger charge is 2.74. The minimum absolute atomic E-state index is 0.0591. The number of nitrogens with two attached hydrogens (primary N) is 1. The van der Waals surface area contributed by atoms with E-state index in [0.29, 0.717) is 35.9 Å². The Labute approximate surface area is 212 Å². The van der Waals surface area contributed by atoms with E-state index in [1.165, 1.54) is 24.8 Å². The molecule has 2 bridgehead atoms. The fourth-order valence-electron chi connectivity index (χ4n) is 10.8. The second-order valence-corrected chi connectivity index (χ2v) is 14.6. The number of ether oxygens (including phenoxy) is 1. The van der Waals surface area contributed by atoms with Crippen molar-refractivity contribution in [3.8, 4) is 0 Å². The summed E-state index contributed by atoms with van der Waals surface area (Å²) in [7, 11) is 0. The van der Waals surface area contributed by atoms with Crippen LogP contribution in [0.4, 0.5) is 0 Å². The first-order chi connectivity index (χ1) is 16.3. The van der Waals surface area contributed by atoms with Gasteiger partial charge in [-0.1, -0.05) is 51.9 Å². The van der Waals surface area contributed by atoms with Gasteiger partial charge in [0.25, 0.3) is 0 Å². The second-order valence-electron chi connectivity index (χ2n) is 14.6. The Balaban J connectivity index is 1.55. The van der Waals surface area contributed by atoms with E-state index >= 15 is 0 Å². The summed E-state index contributed by atoms with van der Waals surface area (Å²) in [6.45, 7) is 18.9. The molecule has 5 heteroatoms. The molecule has 0 unspecified atom stereocenters. The zero-order valence-electron chi connectivity index (χ0n) is 23.0. The van der Waals surface area contributed by atoms with E-state index in [9.17, 15) is 10.0 Å². The fourth-order valence-corrected chi connectivity index (χ4v) is 10.8. The molecule has 35 heavy (non-hydrogen) atoms. The number of oxime groups is 1. The molecular weight excluding hydrogens is 436 g/mol. The SMILES string of the molecule is C=C(C)[C@@H]1CC[C@]2(C)[C@H](CC[C@@H]3[C@H]4[C@H]5OC(=O)[C@@]4(CCC5(C)C)CC[C@]32C)[C@@]1(C)CC/C(N)=N/O.